The fourth-order valence-corrected chi connectivity index (χ4v) is 0.286. The first-order valence-corrected chi connectivity index (χ1v) is 2.75. The molecular weight excluding hydrogens is 139 g/mol. The standard InChI is InChI=1S/C6H9FO3/c1-6(2,5(9)10)4(8)3-7/h3H2,1-2H3,(H,9,10). The third kappa shape index (κ3) is 1.52. The molecule has 3 nitrogen and oxygen atoms in total. The quantitative estimate of drug-likeness (QED) is 0.597. The lowest BCUT2D eigenvalue weighted by Crippen LogP contribution is -2.34. The van der Waals surface area contributed by atoms with Gasteiger partial charge in [0.1, 0.15) is 12.1 Å². The van der Waals surface area contributed by atoms with Crippen molar-refractivity contribution in [1.29, 1.82) is 0 Å². The molecule has 0 aromatic heterocycles. The van der Waals surface area contributed by atoms with E-state index < -0.39 is 23.8 Å². The molecule has 0 fully saturated rings. The van der Waals surface area contributed by atoms with Gasteiger partial charge in [0.15, 0.2) is 5.78 Å². The third-order valence-electron chi connectivity index (χ3n) is 1.35. The molecule has 0 aliphatic carbocycles. The van der Waals surface area contributed by atoms with E-state index in [9.17, 15) is 14.0 Å². The average molecular weight is 148 g/mol. The zero-order chi connectivity index (χ0) is 8.36. The zero-order valence-corrected chi connectivity index (χ0v) is 5.85. The molecule has 0 aliphatic heterocycles. The minimum atomic E-state index is -1.59. The van der Waals surface area contributed by atoms with E-state index in [1.165, 1.54) is 13.8 Å². The van der Waals surface area contributed by atoms with Crippen molar-refractivity contribution in [3.8, 4) is 0 Å². The number of rotatable bonds is 3. The summed E-state index contributed by atoms with van der Waals surface area (Å²) in [5.74, 6) is -2.20. The fourth-order valence-electron chi connectivity index (χ4n) is 0.286. The SMILES string of the molecule is CC(C)(C(=O)O)C(=O)CF. The first-order chi connectivity index (χ1) is 4.42. The lowest BCUT2D eigenvalue weighted by atomic mass is 9.89. The van der Waals surface area contributed by atoms with E-state index >= 15 is 0 Å². The molecule has 0 rings (SSSR count). The molecule has 0 radical (unpaired) electrons. The molecule has 0 atom stereocenters. The molecule has 0 bridgehead atoms. The van der Waals surface area contributed by atoms with Crippen LogP contribution in [0.25, 0.3) is 0 Å². The Morgan fingerprint density at radius 3 is 2.00 bits per heavy atom. The fraction of sp³-hybridized carbons (Fsp3) is 0.667. The summed E-state index contributed by atoms with van der Waals surface area (Å²) in [6.45, 7) is 1.13. The van der Waals surface area contributed by atoms with Crippen molar-refractivity contribution in [2.45, 2.75) is 13.8 Å². The van der Waals surface area contributed by atoms with Gasteiger partial charge in [-0.1, -0.05) is 0 Å². The Balaban J connectivity index is 4.40. The third-order valence-corrected chi connectivity index (χ3v) is 1.35. The van der Waals surface area contributed by atoms with E-state index in [0.717, 1.165) is 0 Å². The second-order valence-corrected chi connectivity index (χ2v) is 2.49. The Labute approximate surface area is 57.8 Å². The summed E-state index contributed by atoms with van der Waals surface area (Å²) in [7, 11) is 0. The Morgan fingerprint density at radius 1 is 1.50 bits per heavy atom. The van der Waals surface area contributed by atoms with Crippen LogP contribution in [0.2, 0.25) is 0 Å². The number of hydrogen-bond acceptors (Lipinski definition) is 2. The first-order valence-electron chi connectivity index (χ1n) is 2.75. The van der Waals surface area contributed by atoms with Crippen LogP contribution in [0.1, 0.15) is 13.8 Å². The monoisotopic (exact) mass is 148 g/mol. The predicted molar refractivity (Wildman–Crippen MR) is 32.4 cm³/mol. The van der Waals surface area contributed by atoms with Gasteiger partial charge < -0.3 is 5.11 Å². The second kappa shape index (κ2) is 2.77. The van der Waals surface area contributed by atoms with Crippen LogP contribution < -0.4 is 0 Å². The van der Waals surface area contributed by atoms with Gasteiger partial charge in [-0.25, -0.2) is 4.39 Å². The Hall–Kier alpha value is -0.930. The second-order valence-electron chi connectivity index (χ2n) is 2.49. The Morgan fingerprint density at radius 2 is 1.90 bits per heavy atom. The van der Waals surface area contributed by atoms with Crippen LogP contribution in [0.15, 0.2) is 0 Å². The summed E-state index contributed by atoms with van der Waals surface area (Å²) in [6, 6.07) is 0. The number of halogens is 1. The minimum absolute atomic E-state index is 0.903. The van der Waals surface area contributed by atoms with E-state index in [-0.39, 0.29) is 0 Å². The van der Waals surface area contributed by atoms with Gasteiger partial charge in [0, 0.05) is 0 Å². The van der Waals surface area contributed by atoms with Crippen LogP contribution in [-0.4, -0.2) is 23.5 Å². The molecule has 0 spiro atoms. The lowest BCUT2D eigenvalue weighted by Gasteiger charge is -2.14. The molecular formula is C6H9FO3. The van der Waals surface area contributed by atoms with E-state index in [0.29, 0.717) is 0 Å². The minimum Gasteiger partial charge on any atom is -0.481 e. The molecule has 10 heavy (non-hydrogen) atoms. The van der Waals surface area contributed by atoms with Gasteiger partial charge >= 0.3 is 5.97 Å². The largest absolute Gasteiger partial charge is 0.481 e. The number of ketones is 1. The van der Waals surface area contributed by atoms with Crippen molar-refractivity contribution >= 4 is 11.8 Å². The van der Waals surface area contributed by atoms with Crippen LogP contribution in [0.5, 0.6) is 0 Å². The maximum Gasteiger partial charge on any atom is 0.316 e. The maximum absolute atomic E-state index is 11.6. The van der Waals surface area contributed by atoms with Crippen molar-refractivity contribution in [1.82, 2.24) is 0 Å². The molecule has 0 aliphatic rings. The number of alkyl halides is 1. The summed E-state index contributed by atoms with van der Waals surface area (Å²) >= 11 is 0. The normalized spacial score (nSPS) is 11.1. The van der Waals surface area contributed by atoms with Crippen molar-refractivity contribution in [3.05, 3.63) is 0 Å². The van der Waals surface area contributed by atoms with Crippen LogP contribution in [-0.2, 0) is 9.59 Å². The highest BCUT2D eigenvalue weighted by atomic mass is 19.1. The van der Waals surface area contributed by atoms with E-state index in [1.807, 2.05) is 0 Å². The summed E-state index contributed by atoms with van der Waals surface area (Å²) in [4.78, 5) is 20.8. The van der Waals surface area contributed by atoms with Crippen LogP contribution >= 0.6 is 0 Å². The number of carboxylic acids is 1. The molecule has 4 heteroatoms. The van der Waals surface area contributed by atoms with Gasteiger partial charge in [0.2, 0.25) is 0 Å². The van der Waals surface area contributed by atoms with Gasteiger partial charge in [-0.15, -0.1) is 0 Å². The molecule has 0 unspecified atom stereocenters. The van der Waals surface area contributed by atoms with Crippen molar-refractivity contribution in [2.24, 2.45) is 5.41 Å². The summed E-state index contributed by atoms with van der Waals surface area (Å²) in [6.07, 6.45) is 0. The molecule has 1 N–H and O–H groups in total. The van der Waals surface area contributed by atoms with Gasteiger partial charge in [-0.3, -0.25) is 9.59 Å². The molecule has 0 aromatic rings. The number of carboxylic acid groups (broad SMARTS) is 1. The molecule has 0 aromatic carbocycles. The molecule has 58 valence electrons. The number of aliphatic carboxylic acids is 1. The van der Waals surface area contributed by atoms with E-state index in [4.69, 9.17) is 5.11 Å². The summed E-state index contributed by atoms with van der Waals surface area (Å²) < 4.78 is 11.6. The highest BCUT2D eigenvalue weighted by Gasteiger charge is 2.35. The lowest BCUT2D eigenvalue weighted by molar-refractivity contribution is -0.152. The predicted octanol–water partition coefficient (Wildman–Crippen LogP) is 0.636. The highest BCUT2D eigenvalue weighted by molar-refractivity contribution is 6.02. The number of Topliss-reactive ketones (excluding diaryl/α,β-unsaturated/α-hetero) is 1. The van der Waals surface area contributed by atoms with Crippen molar-refractivity contribution < 1.29 is 19.1 Å². The average Bonchev–Trinajstić information content (AvgIpc) is 1.86. The summed E-state index contributed by atoms with van der Waals surface area (Å²) in [5.41, 5.74) is -1.59. The maximum atomic E-state index is 11.6. The van der Waals surface area contributed by atoms with Gasteiger partial charge in [0.05, 0.1) is 0 Å². The van der Waals surface area contributed by atoms with Crippen molar-refractivity contribution in [2.75, 3.05) is 6.67 Å². The van der Waals surface area contributed by atoms with Gasteiger partial charge in [-0.05, 0) is 13.8 Å². The summed E-state index contributed by atoms with van der Waals surface area (Å²) in [5, 5.41) is 8.36. The van der Waals surface area contributed by atoms with E-state index in [2.05, 4.69) is 0 Å². The molecule has 0 saturated carbocycles. The molecule has 0 amide bonds. The van der Waals surface area contributed by atoms with Gasteiger partial charge in [0.25, 0.3) is 0 Å². The van der Waals surface area contributed by atoms with E-state index in [1.54, 1.807) is 0 Å². The number of hydrogen-bond donors (Lipinski definition) is 1. The highest BCUT2D eigenvalue weighted by Crippen LogP contribution is 2.16. The van der Waals surface area contributed by atoms with Gasteiger partial charge in [-0.2, -0.15) is 0 Å². The van der Waals surface area contributed by atoms with Crippen LogP contribution in [0.4, 0.5) is 4.39 Å². The van der Waals surface area contributed by atoms with Crippen LogP contribution in [0, 0.1) is 5.41 Å². The topological polar surface area (TPSA) is 54.4 Å². The Bertz CT molecular complexity index is 162. The number of carbonyl (C=O) groups excluding carboxylic acids is 1. The number of carbonyl (C=O) groups is 2. The smallest absolute Gasteiger partial charge is 0.316 e. The Kier molecular flexibility index (Phi) is 2.51. The first kappa shape index (κ1) is 9.07. The van der Waals surface area contributed by atoms with Crippen molar-refractivity contribution in [3.63, 3.8) is 0 Å². The zero-order valence-electron chi connectivity index (χ0n) is 5.85. The van der Waals surface area contributed by atoms with Crippen LogP contribution in [0.3, 0.4) is 0 Å². The molecule has 0 saturated heterocycles. The molecule has 0 heterocycles.